The number of carbonyl (C=O) groups is 2. The summed E-state index contributed by atoms with van der Waals surface area (Å²) in [6.07, 6.45) is 2.20. The van der Waals surface area contributed by atoms with E-state index in [0.717, 1.165) is 6.07 Å². The van der Waals surface area contributed by atoms with Gasteiger partial charge in [0.25, 0.3) is 11.8 Å². The smallest absolute Gasteiger partial charge is 0.252 e. The fraction of sp³-hybridized carbons (Fsp3) is 0.235. The Labute approximate surface area is 283 Å². The molecule has 0 unspecified atom stereocenters. The molecule has 5 aromatic rings. The minimum absolute atomic E-state index is 0.0378. The molecule has 0 spiro atoms. The molecule has 2 aromatic heterocycles. The van der Waals surface area contributed by atoms with E-state index in [2.05, 4.69) is 15.4 Å². The zero-order valence-corrected chi connectivity index (χ0v) is 27.2. The van der Waals surface area contributed by atoms with E-state index in [1.54, 1.807) is 43.3 Å². The molecule has 6 rings (SSSR count). The second kappa shape index (κ2) is 12.7. The van der Waals surface area contributed by atoms with Crippen molar-refractivity contribution < 1.29 is 33.0 Å². The van der Waals surface area contributed by atoms with Gasteiger partial charge in [-0.05, 0) is 42.8 Å². The Hall–Kier alpha value is -4.78. The first-order valence-corrected chi connectivity index (χ1v) is 15.6. The molecule has 0 saturated heterocycles. The molecule has 0 bridgehead atoms. The van der Waals surface area contributed by atoms with Crippen LogP contribution in [-0.2, 0) is 11.4 Å². The number of primary amides is 1. The van der Waals surface area contributed by atoms with Gasteiger partial charge in [0.05, 0.1) is 41.6 Å². The lowest BCUT2D eigenvalue weighted by atomic mass is 9.88. The summed E-state index contributed by atoms with van der Waals surface area (Å²) in [5.74, 6) is -3.65. The number of methoxy groups -OCH3 is 1. The normalized spacial score (nSPS) is 14.7. The summed E-state index contributed by atoms with van der Waals surface area (Å²) in [4.78, 5) is 31.1. The number of rotatable bonds is 11. The Bertz CT molecular complexity index is 2070. The lowest BCUT2D eigenvalue weighted by Gasteiger charge is -2.30. The van der Waals surface area contributed by atoms with E-state index in [0.29, 0.717) is 29.3 Å². The number of hydrogen-bond donors (Lipinski definition) is 3. The Morgan fingerprint density at radius 3 is 2.50 bits per heavy atom. The number of amides is 2. The van der Waals surface area contributed by atoms with Crippen LogP contribution in [0.3, 0.4) is 0 Å². The van der Waals surface area contributed by atoms with Crippen molar-refractivity contribution in [3.05, 3.63) is 105 Å². The molecule has 2 heterocycles. The molecule has 4 N–H and O–H groups in total. The van der Waals surface area contributed by atoms with E-state index in [1.807, 2.05) is 0 Å². The molecule has 248 valence electrons. The Morgan fingerprint density at radius 2 is 1.85 bits per heavy atom. The van der Waals surface area contributed by atoms with Crippen LogP contribution in [0.2, 0.25) is 10.0 Å². The Morgan fingerprint density at radius 1 is 1.12 bits per heavy atom. The third-order valence-corrected chi connectivity index (χ3v) is 8.98. The second-order valence-corrected chi connectivity index (χ2v) is 12.0. The predicted molar refractivity (Wildman–Crippen MR) is 176 cm³/mol. The van der Waals surface area contributed by atoms with Gasteiger partial charge in [-0.15, -0.1) is 0 Å². The number of alkyl halides is 1. The number of nitrogens with two attached hydrogens (primary N) is 1. The van der Waals surface area contributed by atoms with Crippen molar-refractivity contribution in [2.45, 2.75) is 31.2 Å². The van der Waals surface area contributed by atoms with Crippen LogP contribution in [0.4, 0.5) is 8.78 Å². The monoisotopic (exact) mass is 695 g/mol. The topological polar surface area (TPSA) is 142 Å². The highest BCUT2D eigenvalue weighted by Gasteiger charge is 2.46. The summed E-state index contributed by atoms with van der Waals surface area (Å²) in [5, 5.41) is 19.4. The highest BCUT2D eigenvalue weighted by molar-refractivity contribution is 6.43. The molecule has 48 heavy (non-hydrogen) atoms. The molecule has 14 heteroatoms. The average Bonchev–Trinajstić information content (AvgIpc) is 3.68. The number of nitrogens with one attached hydrogen (secondary N) is 1. The average molecular weight is 697 g/mol. The maximum atomic E-state index is 14.8. The van der Waals surface area contributed by atoms with E-state index in [1.165, 1.54) is 36.2 Å². The first-order valence-electron chi connectivity index (χ1n) is 14.8. The third-order valence-electron chi connectivity index (χ3n) is 8.13. The van der Waals surface area contributed by atoms with Crippen LogP contribution in [0.1, 0.15) is 51.7 Å². The zero-order valence-electron chi connectivity index (χ0n) is 25.7. The molecule has 1 saturated carbocycles. The lowest BCUT2D eigenvalue weighted by molar-refractivity contribution is 0.0665. The number of nitrogens with zero attached hydrogens (tertiary/aromatic N) is 3. The van der Waals surface area contributed by atoms with Gasteiger partial charge in [-0.25, -0.2) is 18.4 Å². The number of halogens is 4. The fourth-order valence-corrected chi connectivity index (χ4v) is 5.81. The van der Waals surface area contributed by atoms with Gasteiger partial charge in [0, 0.05) is 35.6 Å². The number of ether oxygens (including phenoxy) is 2. The van der Waals surface area contributed by atoms with Crippen LogP contribution < -0.4 is 20.5 Å². The fourth-order valence-electron chi connectivity index (χ4n) is 5.40. The summed E-state index contributed by atoms with van der Waals surface area (Å²) in [6, 6.07) is 15.0. The van der Waals surface area contributed by atoms with Gasteiger partial charge in [-0.3, -0.25) is 9.59 Å². The minimum atomic E-state index is -2.07. The van der Waals surface area contributed by atoms with E-state index >= 15 is 0 Å². The van der Waals surface area contributed by atoms with Crippen molar-refractivity contribution in [1.82, 2.24) is 20.1 Å². The predicted octanol–water partition coefficient (Wildman–Crippen LogP) is 6.13. The van der Waals surface area contributed by atoms with Gasteiger partial charge in [0.1, 0.15) is 28.4 Å². The van der Waals surface area contributed by atoms with Crippen LogP contribution in [0.25, 0.3) is 22.2 Å². The molecule has 1 fully saturated rings. The highest BCUT2D eigenvalue weighted by atomic mass is 35.5. The molecule has 1 aliphatic carbocycles. The molecular formula is C34H29Cl2F2N5O5. The van der Waals surface area contributed by atoms with Crippen molar-refractivity contribution in [3.63, 3.8) is 0 Å². The van der Waals surface area contributed by atoms with Gasteiger partial charge in [0.2, 0.25) is 5.79 Å². The summed E-state index contributed by atoms with van der Waals surface area (Å²) in [6.45, 7) is 1.33. The van der Waals surface area contributed by atoms with Crippen LogP contribution in [-0.4, -0.2) is 51.9 Å². The van der Waals surface area contributed by atoms with Crippen LogP contribution >= 0.6 is 23.2 Å². The quantitative estimate of drug-likeness (QED) is 0.141. The summed E-state index contributed by atoms with van der Waals surface area (Å²) < 4.78 is 41.5. The summed E-state index contributed by atoms with van der Waals surface area (Å²) in [7, 11) is 1.41. The number of aliphatic hydroxyl groups is 1. The van der Waals surface area contributed by atoms with Crippen molar-refractivity contribution in [2.24, 2.45) is 5.73 Å². The SMILES string of the molecule is CCOc1c(C(N)=O)cc([C@@](O)(CNC(=O)c2cc(OC)c3nn(C4(F)CC4)cc3c2)c2ccccc2)nc1-c1ccc(F)c(Cl)c1Cl. The second-order valence-electron chi connectivity index (χ2n) is 11.3. The lowest BCUT2D eigenvalue weighted by Crippen LogP contribution is -2.42. The number of aromatic nitrogens is 3. The van der Waals surface area contributed by atoms with Crippen molar-refractivity contribution in [2.75, 3.05) is 20.3 Å². The van der Waals surface area contributed by atoms with E-state index < -0.39 is 35.6 Å². The van der Waals surface area contributed by atoms with Crippen LogP contribution in [0, 0.1) is 5.82 Å². The molecule has 1 atom stereocenters. The van der Waals surface area contributed by atoms with Crippen molar-refractivity contribution >= 4 is 45.9 Å². The van der Waals surface area contributed by atoms with Crippen LogP contribution in [0.15, 0.2) is 66.9 Å². The van der Waals surface area contributed by atoms with Gasteiger partial charge in [-0.2, -0.15) is 5.10 Å². The summed E-state index contributed by atoms with van der Waals surface area (Å²) >= 11 is 12.6. The van der Waals surface area contributed by atoms with Crippen molar-refractivity contribution in [1.29, 1.82) is 0 Å². The van der Waals surface area contributed by atoms with Gasteiger partial charge < -0.3 is 25.6 Å². The standard InChI is InChI=1S/C34H29Cl2F2N5O5/c1-3-48-30-22(31(39)44)15-25(41-29(30)21-9-10-23(37)27(36)26(21)35)34(46,20-7-5-4-6-8-20)17-40-32(45)18-13-19-16-43(33(38)11-12-33)42-28(19)24(14-18)47-2/h4-10,13-16,46H,3,11-12,17H2,1-2H3,(H2,39,44)(H,40,45)/t34-/m1/s1. The number of hydrogen-bond acceptors (Lipinski definition) is 7. The molecule has 0 radical (unpaired) electrons. The van der Waals surface area contributed by atoms with Crippen molar-refractivity contribution in [3.8, 4) is 22.8 Å². The van der Waals surface area contributed by atoms with E-state index in [-0.39, 0.29) is 56.2 Å². The number of carbonyl (C=O) groups excluding carboxylic acids is 2. The Balaban J connectivity index is 1.45. The summed E-state index contributed by atoms with van der Waals surface area (Å²) in [5.41, 5.74) is 4.38. The molecule has 10 nitrogen and oxygen atoms in total. The number of fused-ring (bicyclic) bond motifs is 1. The minimum Gasteiger partial charge on any atom is -0.494 e. The maximum absolute atomic E-state index is 14.8. The van der Waals surface area contributed by atoms with E-state index in [4.69, 9.17) is 38.4 Å². The van der Waals surface area contributed by atoms with Gasteiger partial charge in [-0.1, -0.05) is 53.5 Å². The molecule has 1 aliphatic rings. The maximum Gasteiger partial charge on any atom is 0.252 e. The number of pyridine rings is 1. The largest absolute Gasteiger partial charge is 0.494 e. The number of benzene rings is 3. The van der Waals surface area contributed by atoms with Gasteiger partial charge >= 0.3 is 0 Å². The third kappa shape index (κ3) is 5.91. The Kier molecular flexibility index (Phi) is 8.75. The zero-order chi connectivity index (χ0) is 34.4. The molecule has 2 amide bonds. The molecule has 3 aromatic carbocycles. The first-order chi connectivity index (χ1) is 22.9. The molecule has 0 aliphatic heterocycles. The first kappa shape index (κ1) is 33.1. The highest BCUT2D eigenvalue weighted by Crippen LogP contribution is 2.46. The van der Waals surface area contributed by atoms with E-state index in [9.17, 15) is 23.5 Å². The molecular weight excluding hydrogens is 667 g/mol. The van der Waals surface area contributed by atoms with Crippen LogP contribution in [0.5, 0.6) is 11.5 Å². The van der Waals surface area contributed by atoms with Gasteiger partial charge in [0.15, 0.2) is 5.75 Å².